The van der Waals surface area contributed by atoms with Crippen molar-refractivity contribution in [3.05, 3.63) is 26.7 Å². The van der Waals surface area contributed by atoms with Gasteiger partial charge in [-0.1, -0.05) is 39.1 Å². The van der Waals surface area contributed by atoms with Crippen molar-refractivity contribution in [3.63, 3.8) is 0 Å². The van der Waals surface area contributed by atoms with Gasteiger partial charge in [0, 0.05) is 31.8 Å². The summed E-state index contributed by atoms with van der Waals surface area (Å²) >= 11 is 15.3. The fourth-order valence-corrected chi connectivity index (χ4v) is 4.94. The van der Waals surface area contributed by atoms with E-state index >= 15 is 0 Å². The van der Waals surface area contributed by atoms with Crippen LogP contribution in [-0.4, -0.2) is 53.2 Å². The molecule has 0 amide bonds. The van der Waals surface area contributed by atoms with Crippen LogP contribution in [0, 0.1) is 0 Å². The molecular weight excluding hydrogens is 405 g/mol. The predicted octanol–water partition coefficient (Wildman–Crippen LogP) is 3.04. The summed E-state index contributed by atoms with van der Waals surface area (Å²) in [6.07, 6.45) is 0. The van der Waals surface area contributed by atoms with Gasteiger partial charge in [-0.3, -0.25) is 0 Å². The minimum absolute atomic E-state index is 0.0641. The molecule has 0 heterocycles. The molecule has 0 aliphatic carbocycles. The number of ether oxygens (including phenoxy) is 2. The number of nitrogens with zero attached hydrogens (tertiary/aromatic N) is 1. The van der Waals surface area contributed by atoms with Crippen molar-refractivity contribution in [2.75, 3.05) is 40.5 Å². The molecule has 9 heteroatoms. The molecule has 0 unspecified atom stereocenters. The second-order valence-electron chi connectivity index (χ2n) is 4.09. The van der Waals surface area contributed by atoms with Crippen molar-refractivity contribution in [1.29, 1.82) is 0 Å². The van der Waals surface area contributed by atoms with Crippen LogP contribution in [0.1, 0.15) is 0 Å². The van der Waals surface area contributed by atoms with E-state index in [1.165, 1.54) is 30.7 Å². The molecule has 5 nitrogen and oxygen atoms in total. The number of hydrogen-bond acceptors (Lipinski definition) is 4. The van der Waals surface area contributed by atoms with Gasteiger partial charge in [-0.05, 0) is 12.1 Å². The summed E-state index contributed by atoms with van der Waals surface area (Å²) in [5.41, 5.74) is 0. The molecule has 1 aromatic carbocycles. The van der Waals surface area contributed by atoms with Gasteiger partial charge in [-0.2, -0.15) is 4.31 Å². The first kappa shape index (κ1) is 19.2. The van der Waals surface area contributed by atoms with Crippen LogP contribution in [-0.2, 0) is 19.5 Å². The predicted molar refractivity (Wildman–Crippen MR) is 86.7 cm³/mol. The molecule has 0 aliphatic rings. The van der Waals surface area contributed by atoms with Gasteiger partial charge >= 0.3 is 0 Å². The first-order chi connectivity index (χ1) is 9.84. The fraction of sp³-hybridized carbons (Fsp3) is 0.500. The van der Waals surface area contributed by atoms with Gasteiger partial charge in [0.15, 0.2) is 0 Å². The van der Waals surface area contributed by atoms with Crippen molar-refractivity contribution >= 4 is 49.2 Å². The molecule has 0 atom stereocenters. The highest BCUT2D eigenvalue weighted by atomic mass is 79.9. The van der Waals surface area contributed by atoms with Gasteiger partial charge in [0.2, 0.25) is 10.0 Å². The van der Waals surface area contributed by atoms with Crippen molar-refractivity contribution < 1.29 is 17.9 Å². The summed E-state index contributed by atoms with van der Waals surface area (Å²) in [5.74, 6) is 0. The molecule has 0 radical (unpaired) electrons. The highest BCUT2D eigenvalue weighted by Crippen LogP contribution is 2.34. The summed E-state index contributed by atoms with van der Waals surface area (Å²) in [6.45, 7) is 0.888. The lowest BCUT2D eigenvalue weighted by molar-refractivity contribution is 0.150. The van der Waals surface area contributed by atoms with E-state index in [0.717, 1.165) is 0 Å². The number of sulfonamides is 1. The average Bonchev–Trinajstić information content (AvgIpc) is 2.36. The molecule has 1 rings (SSSR count). The van der Waals surface area contributed by atoms with Crippen LogP contribution in [0.5, 0.6) is 0 Å². The molecule has 21 heavy (non-hydrogen) atoms. The van der Waals surface area contributed by atoms with E-state index < -0.39 is 10.0 Å². The van der Waals surface area contributed by atoms with Crippen molar-refractivity contribution in [1.82, 2.24) is 4.31 Å². The summed E-state index contributed by atoms with van der Waals surface area (Å²) in [6, 6.07) is 2.98. The average molecular weight is 421 g/mol. The maximum Gasteiger partial charge on any atom is 0.246 e. The molecular formula is C12H16BrCl2NO4S. The number of benzene rings is 1. The first-order valence-electron chi connectivity index (χ1n) is 5.97. The van der Waals surface area contributed by atoms with Gasteiger partial charge < -0.3 is 9.47 Å². The van der Waals surface area contributed by atoms with Crippen molar-refractivity contribution in [2.45, 2.75) is 4.90 Å². The third-order valence-corrected chi connectivity index (χ3v) is 5.93. The highest BCUT2D eigenvalue weighted by molar-refractivity contribution is 9.10. The SMILES string of the molecule is COCCN(CCOC)S(=O)(=O)c1c(Cl)cc(Br)cc1Cl. The topological polar surface area (TPSA) is 55.8 Å². The molecule has 0 aromatic heterocycles. The Balaban J connectivity index is 3.21. The van der Waals surface area contributed by atoms with Crippen LogP contribution in [0.4, 0.5) is 0 Å². The lowest BCUT2D eigenvalue weighted by Crippen LogP contribution is -2.36. The van der Waals surface area contributed by atoms with Gasteiger partial charge in [0.25, 0.3) is 0 Å². The normalized spacial score (nSPS) is 12.1. The molecule has 0 N–H and O–H groups in total. The Morgan fingerprint density at radius 1 is 1.10 bits per heavy atom. The Kier molecular flexibility index (Phi) is 7.91. The zero-order valence-corrected chi connectivity index (χ0v) is 15.5. The Labute approximate surface area is 143 Å². The standard InChI is InChI=1S/C12H16BrCl2NO4S/c1-19-5-3-16(4-6-20-2)21(17,18)12-10(14)7-9(13)8-11(12)15/h7-8H,3-6H2,1-2H3. The lowest BCUT2D eigenvalue weighted by Gasteiger charge is -2.22. The molecule has 0 bridgehead atoms. The Morgan fingerprint density at radius 2 is 1.52 bits per heavy atom. The van der Waals surface area contributed by atoms with Crippen molar-refractivity contribution in [2.24, 2.45) is 0 Å². The maximum atomic E-state index is 12.7. The van der Waals surface area contributed by atoms with Gasteiger partial charge in [-0.25, -0.2) is 8.42 Å². The molecule has 120 valence electrons. The van der Waals surface area contributed by atoms with Gasteiger partial charge in [0.1, 0.15) is 4.90 Å². The zero-order valence-electron chi connectivity index (χ0n) is 11.6. The highest BCUT2D eigenvalue weighted by Gasteiger charge is 2.29. The number of rotatable bonds is 8. The monoisotopic (exact) mass is 419 g/mol. The van der Waals surface area contributed by atoms with E-state index in [2.05, 4.69) is 15.9 Å². The third-order valence-electron chi connectivity index (χ3n) is 2.65. The number of hydrogen-bond donors (Lipinski definition) is 0. The number of methoxy groups -OCH3 is 2. The summed E-state index contributed by atoms with van der Waals surface area (Å²) < 4.78 is 37.2. The zero-order chi connectivity index (χ0) is 16.0. The van der Waals surface area contributed by atoms with E-state index in [4.69, 9.17) is 32.7 Å². The van der Waals surface area contributed by atoms with Crippen LogP contribution >= 0.6 is 39.1 Å². The fourth-order valence-electron chi connectivity index (χ4n) is 1.64. The maximum absolute atomic E-state index is 12.7. The van der Waals surface area contributed by atoms with Crippen LogP contribution in [0.3, 0.4) is 0 Å². The van der Waals surface area contributed by atoms with Crippen LogP contribution in [0.15, 0.2) is 21.5 Å². The molecule has 0 saturated carbocycles. The van der Waals surface area contributed by atoms with E-state index in [9.17, 15) is 8.42 Å². The van der Waals surface area contributed by atoms with Crippen LogP contribution in [0.25, 0.3) is 0 Å². The minimum Gasteiger partial charge on any atom is -0.383 e. The molecule has 0 saturated heterocycles. The smallest absolute Gasteiger partial charge is 0.246 e. The van der Waals surface area contributed by atoms with E-state index in [0.29, 0.717) is 4.47 Å². The molecule has 0 spiro atoms. The quantitative estimate of drug-likeness (QED) is 0.648. The molecule has 1 aromatic rings. The first-order valence-corrected chi connectivity index (χ1v) is 8.96. The molecule has 0 fully saturated rings. The van der Waals surface area contributed by atoms with E-state index in [1.807, 2.05) is 0 Å². The van der Waals surface area contributed by atoms with E-state index in [-0.39, 0.29) is 41.2 Å². The summed E-state index contributed by atoms with van der Waals surface area (Å²) in [7, 11) is -0.834. The minimum atomic E-state index is -3.84. The second-order valence-corrected chi connectivity index (χ2v) is 7.69. The lowest BCUT2D eigenvalue weighted by atomic mass is 10.4. The third kappa shape index (κ3) is 5.06. The van der Waals surface area contributed by atoms with E-state index in [1.54, 1.807) is 0 Å². The number of halogens is 3. The Morgan fingerprint density at radius 3 is 1.90 bits per heavy atom. The van der Waals surface area contributed by atoms with Crippen molar-refractivity contribution in [3.8, 4) is 0 Å². The molecule has 0 aliphatic heterocycles. The Bertz CT molecular complexity index is 552. The Hall–Kier alpha value is 0.110. The largest absolute Gasteiger partial charge is 0.383 e. The van der Waals surface area contributed by atoms with Crippen LogP contribution < -0.4 is 0 Å². The van der Waals surface area contributed by atoms with Gasteiger partial charge in [0.05, 0.1) is 23.3 Å². The summed E-state index contributed by atoms with van der Waals surface area (Å²) in [5, 5.41) is 0.128. The van der Waals surface area contributed by atoms with Crippen LogP contribution in [0.2, 0.25) is 10.0 Å². The van der Waals surface area contributed by atoms with Gasteiger partial charge in [-0.15, -0.1) is 0 Å². The summed E-state index contributed by atoms with van der Waals surface area (Å²) in [4.78, 5) is -0.110. The second kappa shape index (κ2) is 8.67.